The van der Waals surface area contributed by atoms with E-state index in [9.17, 15) is 0 Å². The lowest BCUT2D eigenvalue weighted by molar-refractivity contribution is 0.633. The minimum Gasteiger partial charge on any atom is -0.399 e. The van der Waals surface area contributed by atoms with Crippen LogP contribution in [-0.2, 0) is 0 Å². The highest BCUT2D eigenvalue weighted by Gasteiger charge is 2.21. The molecular weight excluding hydrogens is 350 g/mol. The third kappa shape index (κ3) is 2.90. The topological polar surface area (TPSA) is 75.6 Å². The van der Waals surface area contributed by atoms with E-state index in [1.165, 1.54) is 0 Å². The minimum atomic E-state index is 0.735. The third-order valence-corrected chi connectivity index (χ3v) is 5.16. The van der Waals surface area contributed by atoms with Crippen molar-refractivity contribution in [3.63, 3.8) is 0 Å². The second-order valence-electron chi connectivity index (χ2n) is 6.88. The predicted octanol–water partition coefficient (Wildman–Crippen LogP) is 2.70. The Balaban J connectivity index is 1.43. The molecule has 3 aromatic heterocycles. The van der Waals surface area contributed by atoms with Gasteiger partial charge in [-0.05, 0) is 35.9 Å². The molecule has 0 unspecified atom stereocenters. The van der Waals surface area contributed by atoms with Gasteiger partial charge in [-0.15, -0.1) is 0 Å². The summed E-state index contributed by atoms with van der Waals surface area (Å²) in [4.78, 5) is 13.7. The average Bonchev–Trinajstić information content (AvgIpc) is 3.19. The van der Waals surface area contributed by atoms with Crippen LogP contribution in [0.3, 0.4) is 0 Å². The zero-order valence-electron chi connectivity index (χ0n) is 15.4. The summed E-state index contributed by atoms with van der Waals surface area (Å²) in [5, 5.41) is 4.62. The van der Waals surface area contributed by atoms with Gasteiger partial charge in [0.25, 0.3) is 0 Å². The number of nitrogens with two attached hydrogens (primary N) is 1. The Bertz CT molecular complexity index is 1100. The summed E-state index contributed by atoms with van der Waals surface area (Å²) in [5.41, 5.74) is 9.54. The number of hydrogen-bond donors (Lipinski definition) is 1. The molecule has 7 heteroatoms. The maximum absolute atomic E-state index is 5.95. The van der Waals surface area contributed by atoms with Gasteiger partial charge in [0.05, 0.1) is 6.20 Å². The Morgan fingerprint density at radius 1 is 0.821 bits per heavy atom. The van der Waals surface area contributed by atoms with Crippen molar-refractivity contribution in [3.8, 4) is 11.1 Å². The second kappa shape index (κ2) is 6.84. The zero-order chi connectivity index (χ0) is 18.9. The number of fused-ring (bicyclic) bond motifs is 1. The molecule has 4 aromatic rings. The Morgan fingerprint density at radius 3 is 2.46 bits per heavy atom. The number of aromatic nitrogens is 4. The molecule has 0 spiro atoms. The molecule has 1 fully saturated rings. The lowest BCUT2D eigenvalue weighted by atomic mass is 10.1. The first-order valence-corrected chi connectivity index (χ1v) is 9.39. The van der Waals surface area contributed by atoms with Gasteiger partial charge in [-0.25, -0.2) is 9.97 Å². The Morgan fingerprint density at radius 2 is 1.68 bits per heavy atom. The van der Waals surface area contributed by atoms with Gasteiger partial charge in [0.2, 0.25) is 0 Å². The molecule has 7 nitrogen and oxygen atoms in total. The minimum absolute atomic E-state index is 0.735. The molecule has 0 radical (unpaired) electrons. The highest BCUT2D eigenvalue weighted by molar-refractivity contribution is 5.79. The molecule has 1 aliphatic rings. The number of pyridine rings is 1. The van der Waals surface area contributed by atoms with Gasteiger partial charge in [-0.2, -0.15) is 9.61 Å². The molecule has 140 valence electrons. The van der Waals surface area contributed by atoms with E-state index in [0.717, 1.165) is 60.3 Å². The van der Waals surface area contributed by atoms with E-state index in [1.54, 1.807) is 0 Å². The number of benzene rings is 1. The molecule has 1 aromatic carbocycles. The summed E-state index contributed by atoms with van der Waals surface area (Å²) in [6, 6.07) is 15.9. The van der Waals surface area contributed by atoms with Gasteiger partial charge in [0.15, 0.2) is 5.65 Å². The molecule has 2 N–H and O–H groups in total. The molecule has 5 rings (SSSR count). The summed E-state index contributed by atoms with van der Waals surface area (Å²) >= 11 is 0. The average molecular weight is 371 g/mol. The summed E-state index contributed by atoms with van der Waals surface area (Å²) < 4.78 is 1.93. The molecule has 28 heavy (non-hydrogen) atoms. The maximum Gasteiger partial charge on any atom is 0.165 e. The Hall–Kier alpha value is -3.61. The normalized spacial score (nSPS) is 14.6. The summed E-state index contributed by atoms with van der Waals surface area (Å²) in [6.45, 7) is 3.65. The Labute approximate surface area is 163 Å². The number of rotatable bonds is 3. The van der Waals surface area contributed by atoms with Crippen LogP contribution in [0.25, 0.3) is 16.8 Å². The molecular formula is C21H21N7. The largest absolute Gasteiger partial charge is 0.399 e. The van der Waals surface area contributed by atoms with E-state index >= 15 is 0 Å². The standard InChI is InChI=1S/C21H21N7/c22-17-5-3-4-16(14-17)18-15-25-28-20(7-9-24-21(18)28)27-12-10-26(11-13-27)19-6-1-2-8-23-19/h1-9,14-15H,10-13,22H2. The molecule has 1 aliphatic heterocycles. The molecule has 0 aliphatic carbocycles. The molecule has 0 saturated carbocycles. The second-order valence-corrected chi connectivity index (χ2v) is 6.88. The smallest absolute Gasteiger partial charge is 0.165 e. The first kappa shape index (κ1) is 16.6. The molecule has 4 heterocycles. The van der Waals surface area contributed by atoms with Crippen molar-refractivity contribution in [2.45, 2.75) is 0 Å². The summed E-state index contributed by atoms with van der Waals surface area (Å²) in [6.07, 6.45) is 5.56. The van der Waals surface area contributed by atoms with Crippen LogP contribution in [0.15, 0.2) is 67.1 Å². The lowest BCUT2D eigenvalue weighted by Gasteiger charge is -2.36. The number of piperazine rings is 1. The van der Waals surface area contributed by atoms with Crippen LogP contribution < -0.4 is 15.5 Å². The Kier molecular flexibility index (Phi) is 4.05. The van der Waals surface area contributed by atoms with Crippen LogP contribution in [0.5, 0.6) is 0 Å². The molecule has 0 atom stereocenters. The molecule has 0 amide bonds. The fourth-order valence-corrected chi connectivity index (χ4v) is 3.73. The van der Waals surface area contributed by atoms with Crippen LogP contribution in [0.4, 0.5) is 17.3 Å². The third-order valence-electron chi connectivity index (χ3n) is 5.16. The van der Waals surface area contributed by atoms with E-state index in [1.807, 2.05) is 65.6 Å². The molecule has 0 bridgehead atoms. The highest BCUT2D eigenvalue weighted by Crippen LogP contribution is 2.27. The summed E-state index contributed by atoms with van der Waals surface area (Å²) in [5.74, 6) is 2.09. The van der Waals surface area contributed by atoms with Crippen molar-refractivity contribution in [2.75, 3.05) is 41.7 Å². The van der Waals surface area contributed by atoms with Crippen LogP contribution in [-0.4, -0.2) is 45.8 Å². The van der Waals surface area contributed by atoms with Crippen LogP contribution in [0.1, 0.15) is 0 Å². The van der Waals surface area contributed by atoms with Crippen molar-refractivity contribution in [3.05, 3.63) is 67.1 Å². The lowest BCUT2D eigenvalue weighted by Crippen LogP contribution is -2.47. The SMILES string of the molecule is Nc1cccc(-c2cnn3c(N4CCN(c5ccccn5)CC4)ccnc23)c1. The van der Waals surface area contributed by atoms with Crippen LogP contribution in [0, 0.1) is 0 Å². The van der Waals surface area contributed by atoms with Gasteiger partial charge >= 0.3 is 0 Å². The quantitative estimate of drug-likeness (QED) is 0.558. The molecule has 1 saturated heterocycles. The maximum atomic E-state index is 5.95. The first-order chi connectivity index (χ1) is 13.8. The van der Waals surface area contributed by atoms with E-state index in [4.69, 9.17) is 5.73 Å². The number of nitrogen functional groups attached to an aromatic ring is 1. The monoisotopic (exact) mass is 371 g/mol. The fraction of sp³-hybridized carbons (Fsp3) is 0.190. The van der Waals surface area contributed by atoms with Crippen molar-refractivity contribution < 1.29 is 0 Å². The van der Waals surface area contributed by atoms with E-state index in [-0.39, 0.29) is 0 Å². The van der Waals surface area contributed by atoms with E-state index in [0.29, 0.717) is 0 Å². The van der Waals surface area contributed by atoms with Crippen LogP contribution >= 0.6 is 0 Å². The first-order valence-electron chi connectivity index (χ1n) is 9.39. The van der Waals surface area contributed by atoms with Crippen molar-refractivity contribution in [1.29, 1.82) is 0 Å². The zero-order valence-corrected chi connectivity index (χ0v) is 15.4. The predicted molar refractivity (Wildman–Crippen MR) is 111 cm³/mol. The van der Waals surface area contributed by atoms with Crippen molar-refractivity contribution in [2.24, 2.45) is 0 Å². The summed E-state index contributed by atoms with van der Waals surface area (Å²) in [7, 11) is 0. The number of nitrogens with zero attached hydrogens (tertiary/aromatic N) is 6. The van der Waals surface area contributed by atoms with Gasteiger partial charge in [0.1, 0.15) is 11.6 Å². The fourth-order valence-electron chi connectivity index (χ4n) is 3.73. The van der Waals surface area contributed by atoms with E-state index in [2.05, 4.69) is 30.9 Å². The van der Waals surface area contributed by atoms with Gasteiger partial charge in [-0.1, -0.05) is 18.2 Å². The van der Waals surface area contributed by atoms with E-state index < -0.39 is 0 Å². The van der Waals surface area contributed by atoms with Gasteiger partial charge in [-0.3, -0.25) is 0 Å². The number of anilines is 3. The highest BCUT2D eigenvalue weighted by atomic mass is 15.4. The van der Waals surface area contributed by atoms with Crippen molar-refractivity contribution >= 4 is 23.0 Å². The van der Waals surface area contributed by atoms with Gasteiger partial charge < -0.3 is 15.5 Å². The van der Waals surface area contributed by atoms with Crippen molar-refractivity contribution in [1.82, 2.24) is 19.6 Å². The number of hydrogen-bond acceptors (Lipinski definition) is 6. The van der Waals surface area contributed by atoms with Gasteiger partial charge in [0, 0.05) is 49.8 Å². The van der Waals surface area contributed by atoms with Crippen LogP contribution in [0.2, 0.25) is 0 Å².